The monoisotopic (exact) mass is 787 g/mol. The summed E-state index contributed by atoms with van der Waals surface area (Å²) in [5.41, 5.74) is 9.63. The maximum Gasteiger partial charge on any atom is 0.164 e. The first-order valence-corrected chi connectivity index (χ1v) is 20.0. The molecule has 5 aromatic rings. The van der Waals surface area contributed by atoms with E-state index in [-0.39, 0.29) is 0 Å². The lowest BCUT2D eigenvalue weighted by Crippen LogP contribution is -2.04. The third kappa shape index (κ3) is 9.96. The zero-order valence-corrected chi connectivity index (χ0v) is 35.1. The van der Waals surface area contributed by atoms with Crippen LogP contribution in [0, 0.1) is 0 Å². The van der Waals surface area contributed by atoms with Crippen LogP contribution in [0.3, 0.4) is 0 Å². The lowest BCUT2D eigenvalue weighted by Gasteiger charge is -2.09. The van der Waals surface area contributed by atoms with Crippen LogP contribution in [-0.2, 0) is 0 Å². The van der Waals surface area contributed by atoms with Gasteiger partial charge in [-0.1, -0.05) is 162 Å². The zero-order valence-electron chi connectivity index (χ0n) is 34.3. The normalized spacial score (nSPS) is 13.6. The molecule has 0 spiro atoms. The van der Waals surface area contributed by atoms with Gasteiger partial charge in [-0.3, -0.25) is 0 Å². The molecule has 0 saturated carbocycles. The molecule has 5 rings (SSSR count). The summed E-state index contributed by atoms with van der Waals surface area (Å²) in [6.07, 6.45) is 32.2. The van der Waals surface area contributed by atoms with Crippen molar-refractivity contribution in [3.63, 3.8) is 0 Å². The van der Waals surface area contributed by atoms with Crippen LogP contribution in [0.25, 0.3) is 66.5 Å². The molecule has 0 saturated heterocycles. The smallest absolute Gasteiger partial charge is 0.164 e. The Morgan fingerprint density at radius 1 is 0.780 bits per heavy atom. The fourth-order valence-corrected chi connectivity index (χ4v) is 7.25. The van der Waals surface area contributed by atoms with Gasteiger partial charge in [-0.05, 0) is 56.2 Å². The number of hydrogen-bond donors (Lipinski definition) is 0. The third-order valence-electron chi connectivity index (χ3n) is 9.14. The molecule has 0 amide bonds. The molecule has 0 aliphatic rings. The summed E-state index contributed by atoms with van der Waals surface area (Å²) in [6, 6.07) is 12.3. The van der Waals surface area contributed by atoms with Crippen molar-refractivity contribution in [3.05, 3.63) is 218 Å². The van der Waals surface area contributed by atoms with E-state index in [2.05, 4.69) is 70.7 Å². The maximum atomic E-state index is 6.77. The average Bonchev–Trinajstić information content (AvgIpc) is 3.86. The largest absolute Gasteiger partial charge is 0.455 e. The van der Waals surface area contributed by atoms with E-state index in [1.54, 1.807) is 35.6 Å². The van der Waals surface area contributed by atoms with Crippen LogP contribution in [0.4, 0.5) is 0 Å². The van der Waals surface area contributed by atoms with Crippen molar-refractivity contribution >= 4 is 73.7 Å². The molecule has 59 heavy (non-hydrogen) atoms. The zero-order chi connectivity index (χ0) is 42.3. The molecule has 291 valence electrons. The van der Waals surface area contributed by atoms with Crippen LogP contribution < -0.4 is 0 Å². The molecular formula is C52H48BN4OS. The van der Waals surface area contributed by atoms with E-state index < -0.39 is 0 Å². The van der Waals surface area contributed by atoms with E-state index in [9.17, 15) is 0 Å². The second-order valence-electron chi connectivity index (χ2n) is 13.0. The van der Waals surface area contributed by atoms with Gasteiger partial charge < -0.3 is 4.42 Å². The van der Waals surface area contributed by atoms with Gasteiger partial charge in [-0.25, -0.2) is 19.9 Å². The molecule has 3 heterocycles. The average molecular weight is 788 g/mol. The first-order valence-electron chi connectivity index (χ1n) is 19.2. The summed E-state index contributed by atoms with van der Waals surface area (Å²) < 4.78 is 7.79. The fourth-order valence-electron chi connectivity index (χ4n) is 6.30. The second-order valence-corrected chi connectivity index (χ2v) is 14.0. The quantitative estimate of drug-likeness (QED) is 0.0654. The topological polar surface area (TPSA) is 64.7 Å². The van der Waals surface area contributed by atoms with Gasteiger partial charge in [-0.15, -0.1) is 17.3 Å². The number of para-hydroxylation sites is 1. The number of benzene rings is 2. The summed E-state index contributed by atoms with van der Waals surface area (Å²) in [4.78, 5) is 19.8. The van der Waals surface area contributed by atoms with Gasteiger partial charge in [-0.2, -0.15) is 0 Å². The van der Waals surface area contributed by atoms with Gasteiger partial charge in [0.25, 0.3) is 0 Å². The number of nitrogens with zero attached hydrogens (tertiary/aromatic N) is 4. The number of thiazole rings is 1. The Kier molecular flexibility index (Phi) is 15.4. The van der Waals surface area contributed by atoms with E-state index in [0.717, 1.165) is 82.1 Å². The van der Waals surface area contributed by atoms with E-state index >= 15 is 0 Å². The van der Waals surface area contributed by atoms with Crippen LogP contribution in [0.2, 0.25) is 6.82 Å². The number of allylic oxidation sites excluding steroid dienone is 22. The van der Waals surface area contributed by atoms with Crippen molar-refractivity contribution < 1.29 is 4.42 Å². The minimum Gasteiger partial charge on any atom is -0.455 e. The molecule has 7 heteroatoms. The van der Waals surface area contributed by atoms with Gasteiger partial charge in [0.15, 0.2) is 17.5 Å². The van der Waals surface area contributed by atoms with Gasteiger partial charge in [0, 0.05) is 44.4 Å². The third-order valence-corrected chi connectivity index (χ3v) is 10.2. The van der Waals surface area contributed by atoms with E-state index in [0.29, 0.717) is 17.5 Å². The predicted molar refractivity (Wildman–Crippen MR) is 260 cm³/mol. The van der Waals surface area contributed by atoms with Crippen LogP contribution >= 0.6 is 11.3 Å². The van der Waals surface area contributed by atoms with Crippen LogP contribution in [-0.4, -0.2) is 27.2 Å². The van der Waals surface area contributed by atoms with Crippen LogP contribution in [0.1, 0.15) is 54.3 Å². The van der Waals surface area contributed by atoms with Crippen molar-refractivity contribution in [2.24, 2.45) is 0 Å². The molecule has 5 nitrogen and oxygen atoms in total. The molecule has 0 aliphatic heterocycles. The van der Waals surface area contributed by atoms with Gasteiger partial charge in [0.2, 0.25) is 0 Å². The highest BCUT2D eigenvalue weighted by molar-refractivity contribution is 7.19. The minimum atomic E-state index is 0.522. The van der Waals surface area contributed by atoms with Gasteiger partial charge in [0.05, 0.1) is 10.2 Å². The summed E-state index contributed by atoms with van der Waals surface area (Å²) in [6.45, 7) is 31.9. The van der Waals surface area contributed by atoms with Gasteiger partial charge >= 0.3 is 0 Å². The first-order chi connectivity index (χ1) is 28.8. The second kappa shape index (κ2) is 21.0. The Hall–Kier alpha value is -6.96. The molecular weight excluding hydrogens is 739 g/mol. The summed E-state index contributed by atoms with van der Waals surface area (Å²) in [7, 11) is 1.99. The highest BCUT2D eigenvalue weighted by Gasteiger charge is 2.20. The molecule has 1 radical (unpaired) electrons. The number of rotatable bonds is 18. The highest BCUT2D eigenvalue weighted by Crippen LogP contribution is 2.39. The van der Waals surface area contributed by atoms with Crippen LogP contribution in [0.5, 0.6) is 0 Å². The maximum absolute atomic E-state index is 6.77. The van der Waals surface area contributed by atoms with E-state index in [1.165, 1.54) is 0 Å². The number of aromatic nitrogens is 4. The molecule has 2 aromatic carbocycles. The van der Waals surface area contributed by atoms with Crippen LogP contribution in [0.15, 0.2) is 189 Å². The molecule has 0 bridgehead atoms. The summed E-state index contributed by atoms with van der Waals surface area (Å²) >= 11 is 1.61. The molecule has 0 fully saturated rings. The first kappa shape index (κ1) is 43.2. The summed E-state index contributed by atoms with van der Waals surface area (Å²) in [5, 5.41) is 1.81. The molecule has 0 atom stereocenters. The fraction of sp³-hybridized carbons (Fsp3) is 0.0769. The lowest BCUT2D eigenvalue weighted by atomic mass is 9.78. The van der Waals surface area contributed by atoms with E-state index in [4.69, 9.17) is 24.4 Å². The number of fused-ring (bicyclic) bond motifs is 2. The van der Waals surface area contributed by atoms with Crippen molar-refractivity contribution in [2.45, 2.75) is 27.6 Å². The molecule has 0 N–H and O–H groups in total. The Bertz CT molecular complexity index is 2730. The molecule has 3 aromatic heterocycles. The van der Waals surface area contributed by atoms with Crippen molar-refractivity contribution in [2.75, 3.05) is 0 Å². The Balaban J connectivity index is 1.61. The standard InChI is InChI=1S/C52H48BN4OS/c1-11-19-22-27-36(15-5)44(34-53-10)47-41(18-8)43-29-23-28-42(48(43)58-47)35(9)32-40(24-14-4)52-54-45-33-39(30-31-46(45)59-52)51-56-49(37(16-6)25-20-12-2)55-50(57-51)38(17-7)26-21-13-3/h11-34H,1-2,4-5,7-8H2,3,6,9-10H3/b21-13-,22-19-,25-20-,35-32+,36-27+,37-16+,38-26+,40-24+,44-34-. The number of hydrogen-bond acceptors (Lipinski definition) is 6. The Morgan fingerprint density at radius 3 is 2.22 bits per heavy atom. The van der Waals surface area contributed by atoms with Crippen molar-refractivity contribution in [3.8, 4) is 11.4 Å². The van der Waals surface area contributed by atoms with Crippen molar-refractivity contribution in [1.29, 1.82) is 0 Å². The van der Waals surface area contributed by atoms with Crippen molar-refractivity contribution in [1.82, 2.24) is 19.9 Å². The Labute approximate surface area is 353 Å². The Morgan fingerprint density at radius 2 is 1.56 bits per heavy atom. The lowest BCUT2D eigenvalue weighted by molar-refractivity contribution is 0.598. The number of furan rings is 1. The molecule has 0 unspecified atom stereocenters. The SMILES string of the molecule is C=C\C=C/C=C(C=C)/C(=C/[B]C)c1oc2c(/C(C)=C/C(=C\C=C)c3nc4cc(-c5nc(/C(C=C)=C/C=C\C)nc(C(/C=C\C=C)=C/C)n5)ccc4s3)cccc2c1C=C. The minimum absolute atomic E-state index is 0.522. The molecule has 0 aliphatic carbocycles. The summed E-state index contributed by atoms with van der Waals surface area (Å²) in [5.74, 6) is 4.35. The highest BCUT2D eigenvalue weighted by atomic mass is 32.1. The van der Waals surface area contributed by atoms with Gasteiger partial charge in [0.1, 0.15) is 23.6 Å². The van der Waals surface area contributed by atoms with E-state index in [1.807, 2.05) is 125 Å². The predicted octanol–water partition coefficient (Wildman–Crippen LogP) is 14.4.